The molecule has 1 saturated heterocycles. The van der Waals surface area contributed by atoms with Crippen molar-refractivity contribution in [1.82, 2.24) is 5.32 Å². The fourth-order valence-corrected chi connectivity index (χ4v) is 2.82. The first-order valence-corrected chi connectivity index (χ1v) is 6.81. The molecule has 0 atom stereocenters. The van der Waals surface area contributed by atoms with Crippen LogP contribution in [0.4, 0.5) is 0 Å². The van der Waals surface area contributed by atoms with E-state index in [2.05, 4.69) is 27.8 Å². The molecule has 0 saturated carbocycles. The number of rotatable bonds is 4. The van der Waals surface area contributed by atoms with Gasteiger partial charge < -0.3 is 5.32 Å². The van der Waals surface area contributed by atoms with Crippen LogP contribution in [0.2, 0.25) is 0 Å². The molecule has 1 N–H and O–H groups in total. The second kappa shape index (κ2) is 6.51. The van der Waals surface area contributed by atoms with E-state index in [9.17, 15) is 4.79 Å². The predicted molar refractivity (Wildman–Crippen MR) is 65.7 cm³/mol. The van der Waals surface area contributed by atoms with Gasteiger partial charge in [0.05, 0.1) is 0 Å². The lowest BCUT2D eigenvalue weighted by Crippen LogP contribution is -2.27. The molecule has 0 aromatic heterocycles. The van der Waals surface area contributed by atoms with Gasteiger partial charge in [-0.05, 0) is 30.3 Å². The van der Waals surface area contributed by atoms with E-state index in [0.29, 0.717) is 18.9 Å². The lowest BCUT2D eigenvalue weighted by Gasteiger charge is -2.20. The van der Waals surface area contributed by atoms with Crippen molar-refractivity contribution in [2.45, 2.75) is 19.3 Å². The lowest BCUT2D eigenvalue weighted by atomic mass is 9.98. The first-order valence-electron chi connectivity index (χ1n) is 4.86. The first kappa shape index (κ1) is 12.1. The minimum absolute atomic E-state index is 0.155. The Labute approximate surface area is 98.0 Å². The predicted octanol–water partition coefficient (Wildman–Crippen LogP) is 2.54. The van der Waals surface area contributed by atoms with Crippen LogP contribution >= 0.6 is 27.7 Å². The molecule has 4 heteroatoms. The maximum absolute atomic E-state index is 11.4. The molecule has 0 bridgehead atoms. The van der Waals surface area contributed by atoms with E-state index in [4.69, 9.17) is 0 Å². The maximum atomic E-state index is 11.4. The highest BCUT2D eigenvalue weighted by Gasteiger charge is 2.16. The minimum atomic E-state index is 0.155. The average molecular weight is 278 g/mol. The molecular weight excluding hydrogens is 262 g/mol. The molecule has 80 valence electrons. The van der Waals surface area contributed by atoms with Crippen LogP contribution in [0.5, 0.6) is 0 Å². The highest BCUT2D eigenvalue weighted by Crippen LogP contribution is 2.24. The Kier molecular flexibility index (Phi) is 5.63. The van der Waals surface area contributed by atoms with Gasteiger partial charge in [-0.25, -0.2) is 0 Å². The highest BCUT2D eigenvalue weighted by molar-refractivity contribution is 9.11. The van der Waals surface area contributed by atoms with Crippen molar-refractivity contribution in [3.8, 4) is 0 Å². The van der Waals surface area contributed by atoms with Gasteiger partial charge in [-0.15, -0.1) is 0 Å². The Morgan fingerprint density at radius 1 is 1.50 bits per heavy atom. The fraction of sp³-hybridized carbons (Fsp3) is 0.700. The summed E-state index contributed by atoms with van der Waals surface area (Å²) in [5, 5.41) is 2.84. The zero-order valence-corrected chi connectivity index (χ0v) is 10.6. The van der Waals surface area contributed by atoms with Gasteiger partial charge in [0.15, 0.2) is 0 Å². The molecule has 0 aromatic rings. The summed E-state index contributed by atoms with van der Waals surface area (Å²) >= 11 is 5.21. The minimum Gasteiger partial charge on any atom is -0.352 e. The summed E-state index contributed by atoms with van der Waals surface area (Å²) in [7, 11) is 0. The first-order chi connectivity index (χ1) is 6.68. The maximum Gasteiger partial charge on any atom is 0.220 e. The summed E-state index contributed by atoms with van der Waals surface area (Å²) in [6.45, 7) is 4.21. The number of carbonyl (C=O) groups excluding carboxylic acids is 1. The number of nitrogens with one attached hydrogen (secondary N) is 1. The number of hydrogen-bond donors (Lipinski definition) is 1. The van der Waals surface area contributed by atoms with Crippen LogP contribution in [0.1, 0.15) is 19.3 Å². The van der Waals surface area contributed by atoms with Crippen LogP contribution in [0, 0.1) is 5.92 Å². The van der Waals surface area contributed by atoms with Crippen molar-refractivity contribution < 1.29 is 4.79 Å². The molecule has 1 aliphatic heterocycles. The third-order valence-electron chi connectivity index (χ3n) is 2.29. The second-order valence-corrected chi connectivity index (χ2v) is 5.90. The van der Waals surface area contributed by atoms with E-state index in [1.807, 2.05) is 11.8 Å². The highest BCUT2D eigenvalue weighted by atomic mass is 79.9. The Bertz CT molecular complexity index is 214. The zero-order chi connectivity index (χ0) is 10.4. The smallest absolute Gasteiger partial charge is 0.220 e. The van der Waals surface area contributed by atoms with Crippen LogP contribution in [0.25, 0.3) is 0 Å². The van der Waals surface area contributed by atoms with E-state index in [-0.39, 0.29) is 5.91 Å². The standard InChI is InChI=1S/C10H16BrNOS/c1-8(11)7-12-10(13)6-9-2-4-14-5-3-9/h9H,1-7H2,(H,12,13). The van der Waals surface area contributed by atoms with Crippen LogP contribution in [-0.4, -0.2) is 24.0 Å². The molecule has 0 radical (unpaired) electrons. The molecule has 2 nitrogen and oxygen atoms in total. The van der Waals surface area contributed by atoms with Gasteiger partial charge in [-0.1, -0.05) is 22.5 Å². The molecule has 1 aliphatic rings. The molecule has 0 aromatic carbocycles. The third-order valence-corrected chi connectivity index (χ3v) is 3.62. The monoisotopic (exact) mass is 277 g/mol. The molecule has 14 heavy (non-hydrogen) atoms. The average Bonchev–Trinajstić information content (AvgIpc) is 2.16. The van der Waals surface area contributed by atoms with Gasteiger partial charge in [0.1, 0.15) is 0 Å². The van der Waals surface area contributed by atoms with Crippen molar-refractivity contribution >= 4 is 33.6 Å². The van der Waals surface area contributed by atoms with Gasteiger partial charge in [0, 0.05) is 17.4 Å². The van der Waals surface area contributed by atoms with Gasteiger partial charge in [-0.3, -0.25) is 4.79 Å². The quantitative estimate of drug-likeness (QED) is 0.856. The third kappa shape index (κ3) is 5.05. The summed E-state index contributed by atoms with van der Waals surface area (Å²) in [5.74, 6) is 3.17. The van der Waals surface area contributed by atoms with E-state index in [1.54, 1.807) is 0 Å². The number of thioether (sulfide) groups is 1. The zero-order valence-electron chi connectivity index (χ0n) is 8.22. The van der Waals surface area contributed by atoms with E-state index in [1.165, 1.54) is 24.3 Å². The Balaban J connectivity index is 2.15. The summed E-state index contributed by atoms with van der Waals surface area (Å²) < 4.78 is 0.824. The molecule has 1 rings (SSSR count). The van der Waals surface area contributed by atoms with Crippen molar-refractivity contribution in [2.24, 2.45) is 5.92 Å². The van der Waals surface area contributed by atoms with Gasteiger partial charge >= 0.3 is 0 Å². The van der Waals surface area contributed by atoms with Gasteiger partial charge in [-0.2, -0.15) is 11.8 Å². The van der Waals surface area contributed by atoms with Gasteiger partial charge in [0.2, 0.25) is 5.91 Å². The molecule has 1 heterocycles. The number of carbonyl (C=O) groups is 1. The number of amides is 1. The van der Waals surface area contributed by atoms with E-state index < -0.39 is 0 Å². The van der Waals surface area contributed by atoms with E-state index >= 15 is 0 Å². The van der Waals surface area contributed by atoms with Crippen LogP contribution < -0.4 is 5.32 Å². The van der Waals surface area contributed by atoms with Crippen molar-refractivity contribution in [3.63, 3.8) is 0 Å². The Morgan fingerprint density at radius 2 is 2.14 bits per heavy atom. The number of halogens is 1. The summed E-state index contributed by atoms with van der Waals surface area (Å²) in [6, 6.07) is 0. The number of hydrogen-bond acceptors (Lipinski definition) is 2. The van der Waals surface area contributed by atoms with Crippen molar-refractivity contribution in [1.29, 1.82) is 0 Å². The van der Waals surface area contributed by atoms with Crippen molar-refractivity contribution in [3.05, 3.63) is 11.1 Å². The summed E-state index contributed by atoms with van der Waals surface area (Å²) in [6.07, 6.45) is 3.06. The largest absolute Gasteiger partial charge is 0.352 e. The summed E-state index contributed by atoms with van der Waals surface area (Å²) in [4.78, 5) is 11.4. The van der Waals surface area contributed by atoms with Crippen LogP contribution in [0.3, 0.4) is 0 Å². The van der Waals surface area contributed by atoms with Crippen LogP contribution in [-0.2, 0) is 4.79 Å². The van der Waals surface area contributed by atoms with Gasteiger partial charge in [0.25, 0.3) is 0 Å². The molecule has 0 aliphatic carbocycles. The Hall–Kier alpha value is 0.0400. The molecular formula is C10H16BrNOS. The lowest BCUT2D eigenvalue weighted by molar-refractivity contribution is -0.121. The molecule has 0 unspecified atom stereocenters. The fourth-order valence-electron chi connectivity index (χ4n) is 1.48. The topological polar surface area (TPSA) is 29.1 Å². The molecule has 1 amide bonds. The SMILES string of the molecule is C=C(Br)CNC(=O)CC1CCSCC1. The van der Waals surface area contributed by atoms with Crippen molar-refractivity contribution in [2.75, 3.05) is 18.1 Å². The normalized spacial score (nSPS) is 17.8. The molecule has 1 fully saturated rings. The van der Waals surface area contributed by atoms with E-state index in [0.717, 1.165) is 4.48 Å². The Morgan fingerprint density at radius 3 is 2.71 bits per heavy atom. The summed E-state index contributed by atoms with van der Waals surface area (Å²) in [5.41, 5.74) is 0. The molecule has 0 spiro atoms. The second-order valence-electron chi connectivity index (χ2n) is 3.55. The van der Waals surface area contributed by atoms with Crippen LogP contribution in [0.15, 0.2) is 11.1 Å².